The van der Waals surface area contributed by atoms with Gasteiger partial charge in [-0.25, -0.2) is 0 Å². The Morgan fingerprint density at radius 1 is 1.09 bits per heavy atom. The standard InChI is InChI=1S/C19H23N3S/c1-2-10-20-19(23)22-13-11-21(12-14-22)15-17-8-5-7-16-6-3-4-9-18(16)17/h2-9H,1,10-15H2,(H,20,23). The molecule has 1 aliphatic rings. The highest BCUT2D eigenvalue weighted by atomic mass is 32.1. The normalized spacial score (nSPS) is 15.6. The second-order valence-corrected chi connectivity index (χ2v) is 6.26. The summed E-state index contributed by atoms with van der Waals surface area (Å²) >= 11 is 5.42. The summed E-state index contributed by atoms with van der Waals surface area (Å²) < 4.78 is 0. The summed E-state index contributed by atoms with van der Waals surface area (Å²) in [5.41, 5.74) is 1.41. The Labute approximate surface area is 143 Å². The van der Waals surface area contributed by atoms with Crippen LogP contribution < -0.4 is 5.32 Å². The van der Waals surface area contributed by atoms with E-state index in [1.807, 2.05) is 6.08 Å². The quantitative estimate of drug-likeness (QED) is 0.688. The second kappa shape index (κ2) is 7.57. The zero-order valence-electron chi connectivity index (χ0n) is 13.4. The molecule has 1 aliphatic heterocycles. The summed E-state index contributed by atoms with van der Waals surface area (Å²) in [6.07, 6.45) is 1.84. The number of nitrogens with one attached hydrogen (secondary N) is 1. The molecule has 0 amide bonds. The van der Waals surface area contributed by atoms with Gasteiger partial charge in [0.25, 0.3) is 0 Å². The Morgan fingerprint density at radius 3 is 2.61 bits per heavy atom. The van der Waals surface area contributed by atoms with E-state index in [4.69, 9.17) is 12.2 Å². The third-order valence-corrected chi connectivity index (χ3v) is 4.73. The number of benzene rings is 2. The van der Waals surface area contributed by atoms with E-state index in [1.165, 1.54) is 16.3 Å². The maximum absolute atomic E-state index is 5.42. The summed E-state index contributed by atoms with van der Waals surface area (Å²) in [7, 11) is 0. The average molecular weight is 325 g/mol. The van der Waals surface area contributed by atoms with Gasteiger partial charge >= 0.3 is 0 Å². The number of piperazine rings is 1. The Bertz CT molecular complexity index is 685. The van der Waals surface area contributed by atoms with Gasteiger partial charge in [-0.1, -0.05) is 48.5 Å². The minimum Gasteiger partial charge on any atom is -0.359 e. The first kappa shape index (κ1) is 16.0. The Hall–Kier alpha value is -1.91. The van der Waals surface area contributed by atoms with E-state index in [0.717, 1.165) is 44.4 Å². The van der Waals surface area contributed by atoms with Crippen LogP contribution in [0.25, 0.3) is 10.8 Å². The first-order valence-electron chi connectivity index (χ1n) is 8.10. The predicted octanol–water partition coefficient (Wildman–Crippen LogP) is 3.02. The molecule has 120 valence electrons. The van der Waals surface area contributed by atoms with E-state index in [0.29, 0.717) is 0 Å². The lowest BCUT2D eigenvalue weighted by molar-refractivity contribution is 0.175. The Morgan fingerprint density at radius 2 is 1.83 bits per heavy atom. The van der Waals surface area contributed by atoms with Crippen molar-refractivity contribution < 1.29 is 0 Å². The van der Waals surface area contributed by atoms with Crippen molar-refractivity contribution in [2.45, 2.75) is 6.54 Å². The molecule has 23 heavy (non-hydrogen) atoms. The zero-order chi connectivity index (χ0) is 16.1. The van der Waals surface area contributed by atoms with E-state index in [9.17, 15) is 0 Å². The van der Waals surface area contributed by atoms with Crippen LogP contribution >= 0.6 is 12.2 Å². The van der Waals surface area contributed by atoms with E-state index in [2.05, 4.69) is 64.2 Å². The molecule has 1 heterocycles. The summed E-state index contributed by atoms with van der Waals surface area (Å²) in [6.45, 7) is 9.49. The number of rotatable bonds is 4. The molecule has 2 aromatic rings. The van der Waals surface area contributed by atoms with Gasteiger partial charge < -0.3 is 10.2 Å². The molecule has 0 saturated carbocycles. The third-order valence-electron chi connectivity index (χ3n) is 4.33. The fraction of sp³-hybridized carbons (Fsp3) is 0.316. The Balaban J connectivity index is 1.60. The highest BCUT2D eigenvalue weighted by Gasteiger charge is 2.19. The highest BCUT2D eigenvalue weighted by molar-refractivity contribution is 7.80. The highest BCUT2D eigenvalue weighted by Crippen LogP contribution is 2.20. The minimum absolute atomic E-state index is 0.731. The van der Waals surface area contributed by atoms with Crippen molar-refractivity contribution >= 4 is 28.1 Å². The van der Waals surface area contributed by atoms with Crippen LogP contribution in [0, 0.1) is 0 Å². The summed E-state index contributed by atoms with van der Waals surface area (Å²) in [5, 5.41) is 6.73. The molecule has 1 saturated heterocycles. The predicted molar refractivity (Wildman–Crippen MR) is 102 cm³/mol. The molecule has 0 aliphatic carbocycles. The van der Waals surface area contributed by atoms with Gasteiger partial charge in [0, 0.05) is 39.3 Å². The molecule has 0 bridgehead atoms. The molecule has 4 heteroatoms. The van der Waals surface area contributed by atoms with Crippen LogP contribution in [0.5, 0.6) is 0 Å². The molecule has 1 fully saturated rings. The van der Waals surface area contributed by atoms with E-state index in [-0.39, 0.29) is 0 Å². The lowest BCUT2D eigenvalue weighted by atomic mass is 10.0. The van der Waals surface area contributed by atoms with E-state index < -0.39 is 0 Å². The van der Waals surface area contributed by atoms with Crippen molar-refractivity contribution in [2.24, 2.45) is 0 Å². The monoisotopic (exact) mass is 325 g/mol. The smallest absolute Gasteiger partial charge is 0.169 e. The fourth-order valence-electron chi connectivity index (χ4n) is 3.05. The fourth-order valence-corrected chi connectivity index (χ4v) is 3.32. The van der Waals surface area contributed by atoms with Crippen LogP contribution in [-0.2, 0) is 6.54 Å². The summed E-state index contributed by atoms with van der Waals surface area (Å²) in [5.74, 6) is 0. The summed E-state index contributed by atoms with van der Waals surface area (Å²) in [6, 6.07) is 15.2. The lowest BCUT2D eigenvalue weighted by Gasteiger charge is -2.36. The van der Waals surface area contributed by atoms with Crippen molar-refractivity contribution in [3.05, 3.63) is 60.7 Å². The molecule has 0 spiro atoms. The summed E-state index contributed by atoms with van der Waals surface area (Å²) in [4.78, 5) is 4.76. The molecule has 0 unspecified atom stereocenters. The molecule has 0 atom stereocenters. The van der Waals surface area contributed by atoms with E-state index in [1.54, 1.807) is 0 Å². The Kier molecular flexibility index (Phi) is 5.26. The zero-order valence-corrected chi connectivity index (χ0v) is 14.2. The van der Waals surface area contributed by atoms with Gasteiger partial charge in [0.2, 0.25) is 0 Å². The molecule has 2 aromatic carbocycles. The number of hydrogen-bond donors (Lipinski definition) is 1. The molecule has 0 aromatic heterocycles. The number of thiocarbonyl (C=S) groups is 1. The van der Waals surface area contributed by atoms with Crippen LogP contribution in [0.4, 0.5) is 0 Å². The second-order valence-electron chi connectivity index (χ2n) is 5.88. The lowest BCUT2D eigenvalue weighted by Crippen LogP contribution is -2.51. The van der Waals surface area contributed by atoms with Crippen molar-refractivity contribution in [3.63, 3.8) is 0 Å². The molecule has 1 N–H and O–H groups in total. The molecule has 3 rings (SSSR count). The average Bonchev–Trinajstić information content (AvgIpc) is 2.60. The third kappa shape index (κ3) is 3.89. The van der Waals surface area contributed by atoms with Crippen molar-refractivity contribution in [1.82, 2.24) is 15.1 Å². The van der Waals surface area contributed by atoms with Gasteiger partial charge in [-0.3, -0.25) is 4.90 Å². The van der Waals surface area contributed by atoms with Gasteiger partial charge in [-0.15, -0.1) is 6.58 Å². The van der Waals surface area contributed by atoms with Crippen LogP contribution in [0.15, 0.2) is 55.1 Å². The number of nitrogens with zero attached hydrogens (tertiary/aromatic N) is 2. The van der Waals surface area contributed by atoms with Crippen molar-refractivity contribution in [2.75, 3.05) is 32.7 Å². The van der Waals surface area contributed by atoms with Crippen molar-refractivity contribution in [3.8, 4) is 0 Å². The van der Waals surface area contributed by atoms with Gasteiger partial charge in [0.1, 0.15) is 0 Å². The molecule has 0 radical (unpaired) electrons. The largest absolute Gasteiger partial charge is 0.359 e. The van der Waals surface area contributed by atoms with Gasteiger partial charge in [-0.2, -0.15) is 0 Å². The number of hydrogen-bond acceptors (Lipinski definition) is 2. The minimum atomic E-state index is 0.731. The topological polar surface area (TPSA) is 18.5 Å². The SMILES string of the molecule is C=CCNC(=S)N1CCN(Cc2cccc3ccccc23)CC1. The van der Waals surface area contributed by atoms with E-state index >= 15 is 0 Å². The van der Waals surface area contributed by atoms with Gasteiger partial charge in [0.15, 0.2) is 5.11 Å². The van der Waals surface area contributed by atoms with Crippen LogP contribution in [-0.4, -0.2) is 47.6 Å². The van der Waals surface area contributed by atoms with Crippen LogP contribution in [0.2, 0.25) is 0 Å². The first-order chi connectivity index (χ1) is 11.3. The maximum atomic E-state index is 5.42. The van der Waals surface area contributed by atoms with Gasteiger partial charge in [-0.05, 0) is 28.6 Å². The molecule has 3 nitrogen and oxygen atoms in total. The van der Waals surface area contributed by atoms with Gasteiger partial charge in [0.05, 0.1) is 0 Å². The first-order valence-corrected chi connectivity index (χ1v) is 8.51. The van der Waals surface area contributed by atoms with Crippen LogP contribution in [0.1, 0.15) is 5.56 Å². The molecular formula is C19H23N3S. The maximum Gasteiger partial charge on any atom is 0.169 e. The van der Waals surface area contributed by atoms with Crippen LogP contribution in [0.3, 0.4) is 0 Å². The number of fused-ring (bicyclic) bond motifs is 1. The molecular weight excluding hydrogens is 302 g/mol. The van der Waals surface area contributed by atoms with Crippen molar-refractivity contribution in [1.29, 1.82) is 0 Å².